The summed E-state index contributed by atoms with van der Waals surface area (Å²) in [6.07, 6.45) is 12.6. The standard InChI is InChI=1S/C22H30N6/c1-5-7-8-11-19(23)27(4)22-17(6-2)26-21(16-10-9-14-25-20(16)24)28(22)18-13-12-15(18)3/h6-10,13-15,19H,2,5,11-12,23H2,1,3-4H3,(H2,24,25)/b8-7-/t15-,19?/m0/s1. The van der Waals surface area contributed by atoms with Crippen molar-refractivity contribution in [3.8, 4) is 11.4 Å². The molecule has 6 nitrogen and oxygen atoms in total. The fourth-order valence-electron chi connectivity index (χ4n) is 3.42. The lowest BCUT2D eigenvalue weighted by Gasteiger charge is -2.32. The van der Waals surface area contributed by atoms with Crippen molar-refractivity contribution in [3.05, 3.63) is 48.8 Å². The van der Waals surface area contributed by atoms with Gasteiger partial charge in [-0.25, -0.2) is 9.97 Å². The van der Waals surface area contributed by atoms with E-state index in [1.807, 2.05) is 19.2 Å². The summed E-state index contributed by atoms with van der Waals surface area (Å²) >= 11 is 0. The Labute approximate surface area is 167 Å². The van der Waals surface area contributed by atoms with E-state index in [-0.39, 0.29) is 6.17 Å². The van der Waals surface area contributed by atoms with Crippen LogP contribution in [0.25, 0.3) is 23.2 Å². The van der Waals surface area contributed by atoms with E-state index < -0.39 is 0 Å². The number of nitrogens with zero attached hydrogens (tertiary/aromatic N) is 4. The van der Waals surface area contributed by atoms with Crippen LogP contribution < -0.4 is 16.4 Å². The van der Waals surface area contributed by atoms with Crippen molar-refractivity contribution in [1.29, 1.82) is 0 Å². The van der Waals surface area contributed by atoms with Crippen molar-refractivity contribution in [1.82, 2.24) is 14.5 Å². The fourth-order valence-corrected chi connectivity index (χ4v) is 3.42. The third-order valence-corrected chi connectivity index (χ3v) is 5.21. The molecule has 1 unspecified atom stereocenters. The molecule has 2 aromatic rings. The zero-order valence-electron chi connectivity index (χ0n) is 17.0. The van der Waals surface area contributed by atoms with E-state index in [2.05, 4.69) is 53.1 Å². The number of rotatable bonds is 8. The van der Waals surface area contributed by atoms with Crippen molar-refractivity contribution in [2.24, 2.45) is 11.7 Å². The largest absolute Gasteiger partial charge is 0.383 e. The molecule has 0 saturated heterocycles. The average molecular weight is 379 g/mol. The topological polar surface area (TPSA) is 86.0 Å². The number of hydrogen-bond acceptors (Lipinski definition) is 5. The molecule has 3 rings (SSSR count). The minimum atomic E-state index is -0.174. The van der Waals surface area contributed by atoms with Gasteiger partial charge >= 0.3 is 0 Å². The first-order valence-electron chi connectivity index (χ1n) is 9.79. The van der Waals surface area contributed by atoms with Gasteiger partial charge in [-0.15, -0.1) is 0 Å². The highest BCUT2D eigenvalue weighted by molar-refractivity contribution is 5.80. The van der Waals surface area contributed by atoms with Crippen LogP contribution in [0.5, 0.6) is 0 Å². The lowest BCUT2D eigenvalue weighted by Crippen LogP contribution is -2.40. The van der Waals surface area contributed by atoms with Crippen molar-refractivity contribution in [2.75, 3.05) is 17.7 Å². The van der Waals surface area contributed by atoms with E-state index >= 15 is 0 Å². The first-order valence-corrected chi connectivity index (χ1v) is 9.79. The number of hydrogen-bond donors (Lipinski definition) is 2. The van der Waals surface area contributed by atoms with Crippen molar-refractivity contribution in [2.45, 2.75) is 39.3 Å². The van der Waals surface area contributed by atoms with Crippen LogP contribution in [0.15, 0.2) is 43.1 Å². The number of imidazole rings is 1. The molecule has 2 aromatic heterocycles. The summed E-state index contributed by atoms with van der Waals surface area (Å²) in [6, 6.07) is 3.83. The second-order valence-corrected chi connectivity index (χ2v) is 7.18. The van der Waals surface area contributed by atoms with Gasteiger partial charge in [0.25, 0.3) is 0 Å². The molecule has 0 fully saturated rings. The number of pyridine rings is 1. The summed E-state index contributed by atoms with van der Waals surface area (Å²) in [5.74, 6) is 2.60. The number of anilines is 2. The summed E-state index contributed by atoms with van der Waals surface area (Å²) < 4.78 is 2.17. The van der Waals surface area contributed by atoms with E-state index in [9.17, 15) is 0 Å². The van der Waals surface area contributed by atoms with E-state index in [1.165, 1.54) is 5.70 Å². The summed E-state index contributed by atoms with van der Waals surface area (Å²) in [7, 11) is 2.01. The molecule has 2 atom stereocenters. The molecule has 4 N–H and O–H groups in total. The molecule has 0 radical (unpaired) electrons. The van der Waals surface area contributed by atoms with Crippen LogP contribution in [0.2, 0.25) is 0 Å². The second kappa shape index (κ2) is 8.44. The number of nitrogen functional groups attached to an aromatic ring is 1. The summed E-state index contributed by atoms with van der Waals surface area (Å²) in [6.45, 7) is 8.31. The highest BCUT2D eigenvalue weighted by Crippen LogP contribution is 2.41. The molecule has 0 aliphatic heterocycles. The van der Waals surface area contributed by atoms with E-state index in [4.69, 9.17) is 16.5 Å². The Hall–Kier alpha value is -2.86. The van der Waals surface area contributed by atoms with Crippen LogP contribution in [0.1, 0.15) is 38.8 Å². The van der Waals surface area contributed by atoms with Gasteiger partial charge in [0, 0.05) is 24.9 Å². The van der Waals surface area contributed by atoms with Gasteiger partial charge in [0.2, 0.25) is 0 Å². The van der Waals surface area contributed by atoms with Crippen LogP contribution in [-0.4, -0.2) is 27.7 Å². The van der Waals surface area contributed by atoms with Gasteiger partial charge in [-0.3, -0.25) is 4.57 Å². The maximum absolute atomic E-state index is 6.50. The molecule has 0 saturated carbocycles. The molecule has 1 aliphatic rings. The predicted molar refractivity (Wildman–Crippen MR) is 118 cm³/mol. The van der Waals surface area contributed by atoms with Crippen LogP contribution in [0, 0.1) is 5.92 Å². The molecular weight excluding hydrogens is 348 g/mol. The third kappa shape index (κ3) is 3.60. The maximum Gasteiger partial charge on any atom is 0.150 e. The zero-order valence-corrected chi connectivity index (χ0v) is 17.0. The summed E-state index contributed by atoms with van der Waals surface area (Å²) in [5, 5.41) is 0. The smallest absolute Gasteiger partial charge is 0.150 e. The SMILES string of the molecule is C=Cc1nc(-c2cccnc2N)n(C2=CC[C@@H]2C)c1N(C)C(N)C/C=C\CC. The van der Waals surface area contributed by atoms with Gasteiger partial charge < -0.3 is 16.4 Å². The molecule has 148 valence electrons. The zero-order chi connectivity index (χ0) is 20.3. The van der Waals surface area contributed by atoms with Gasteiger partial charge in [-0.1, -0.05) is 38.7 Å². The van der Waals surface area contributed by atoms with E-state index in [0.29, 0.717) is 11.7 Å². The van der Waals surface area contributed by atoms with Crippen LogP contribution in [-0.2, 0) is 0 Å². The highest BCUT2D eigenvalue weighted by Gasteiger charge is 2.29. The van der Waals surface area contributed by atoms with Gasteiger partial charge in [0.1, 0.15) is 23.2 Å². The van der Waals surface area contributed by atoms with Crippen molar-refractivity contribution in [3.63, 3.8) is 0 Å². The Kier molecular flexibility index (Phi) is 5.99. The molecular formula is C22H30N6. The quantitative estimate of drug-likeness (QED) is 0.533. The van der Waals surface area contributed by atoms with E-state index in [1.54, 1.807) is 12.3 Å². The number of aromatic nitrogens is 3. The fraction of sp³-hybridized carbons (Fsp3) is 0.364. The molecule has 6 heteroatoms. The Morgan fingerprint density at radius 3 is 2.79 bits per heavy atom. The Morgan fingerprint density at radius 2 is 2.21 bits per heavy atom. The van der Waals surface area contributed by atoms with Crippen molar-refractivity contribution < 1.29 is 0 Å². The van der Waals surface area contributed by atoms with E-state index in [0.717, 1.165) is 42.2 Å². The Bertz CT molecular complexity index is 908. The minimum absolute atomic E-state index is 0.174. The van der Waals surface area contributed by atoms with Crippen LogP contribution in [0.3, 0.4) is 0 Å². The van der Waals surface area contributed by atoms with Crippen LogP contribution >= 0.6 is 0 Å². The lowest BCUT2D eigenvalue weighted by molar-refractivity contribution is 0.630. The summed E-state index contributed by atoms with van der Waals surface area (Å²) in [5.41, 5.74) is 15.5. The maximum atomic E-state index is 6.50. The van der Waals surface area contributed by atoms with Gasteiger partial charge in [0.15, 0.2) is 0 Å². The average Bonchev–Trinajstić information content (AvgIpc) is 3.05. The first kappa shape index (κ1) is 19.9. The predicted octanol–water partition coefficient (Wildman–Crippen LogP) is 4.13. The lowest BCUT2D eigenvalue weighted by atomic mass is 9.92. The first-order chi connectivity index (χ1) is 13.5. The highest BCUT2D eigenvalue weighted by atomic mass is 15.3. The molecule has 28 heavy (non-hydrogen) atoms. The number of allylic oxidation sites excluding steroid dienone is 3. The van der Waals surface area contributed by atoms with Crippen molar-refractivity contribution >= 4 is 23.4 Å². The molecule has 0 bridgehead atoms. The second-order valence-electron chi connectivity index (χ2n) is 7.18. The van der Waals surface area contributed by atoms with Crippen LogP contribution in [0.4, 0.5) is 11.6 Å². The Morgan fingerprint density at radius 1 is 1.43 bits per heavy atom. The third-order valence-electron chi connectivity index (χ3n) is 5.21. The molecule has 0 spiro atoms. The summed E-state index contributed by atoms with van der Waals surface area (Å²) in [4.78, 5) is 11.2. The van der Waals surface area contributed by atoms with Gasteiger partial charge in [0.05, 0.1) is 11.7 Å². The monoisotopic (exact) mass is 378 g/mol. The van der Waals surface area contributed by atoms with Gasteiger partial charge in [-0.2, -0.15) is 0 Å². The molecule has 1 aliphatic carbocycles. The molecule has 0 aromatic carbocycles. The Balaban J connectivity index is 2.15. The molecule has 2 heterocycles. The minimum Gasteiger partial charge on any atom is -0.383 e. The number of nitrogens with two attached hydrogens (primary N) is 2. The normalized spacial score (nSPS) is 17.3. The molecule has 0 amide bonds. The van der Waals surface area contributed by atoms with Gasteiger partial charge in [-0.05, 0) is 37.5 Å².